The number of benzene rings is 1. The normalized spacial score (nSPS) is 16.2. The SMILES string of the molecule is CCOc1ccc(CC(=O)NC2(CC(=O)O)CCCC2)cc1. The first-order valence-electron chi connectivity index (χ1n) is 7.77. The van der Waals surface area contributed by atoms with Crippen molar-refractivity contribution in [2.24, 2.45) is 0 Å². The van der Waals surface area contributed by atoms with Gasteiger partial charge in [0.15, 0.2) is 0 Å². The zero-order valence-corrected chi connectivity index (χ0v) is 12.9. The first kappa shape index (κ1) is 16.3. The van der Waals surface area contributed by atoms with Gasteiger partial charge in [0.25, 0.3) is 0 Å². The molecule has 0 bridgehead atoms. The number of carbonyl (C=O) groups is 2. The summed E-state index contributed by atoms with van der Waals surface area (Å²) in [6, 6.07) is 7.41. The first-order valence-corrected chi connectivity index (χ1v) is 7.77. The number of ether oxygens (including phenoxy) is 1. The summed E-state index contributed by atoms with van der Waals surface area (Å²) in [5.74, 6) is -0.194. The fraction of sp³-hybridized carbons (Fsp3) is 0.529. The van der Waals surface area contributed by atoms with Crippen LogP contribution in [0.5, 0.6) is 5.75 Å². The Morgan fingerprint density at radius 2 is 1.86 bits per heavy atom. The molecule has 0 heterocycles. The molecular weight excluding hydrogens is 282 g/mol. The van der Waals surface area contributed by atoms with E-state index in [0.29, 0.717) is 6.61 Å². The van der Waals surface area contributed by atoms with E-state index in [4.69, 9.17) is 9.84 Å². The van der Waals surface area contributed by atoms with E-state index in [1.807, 2.05) is 31.2 Å². The fourth-order valence-corrected chi connectivity index (χ4v) is 3.08. The number of amides is 1. The van der Waals surface area contributed by atoms with E-state index in [-0.39, 0.29) is 18.7 Å². The molecule has 22 heavy (non-hydrogen) atoms. The van der Waals surface area contributed by atoms with E-state index in [9.17, 15) is 9.59 Å². The van der Waals surface area contributed by atoms with E-state index >= 15 is 0 Å². The number of nitrogens with one attached hydrogen (secondary N) is 1. The van der Waals surface area contributed by atoms with Gasteiger partial charge in [-0.2, -0.15) is 0 Å². The van der Waals surface area contributed by atoms with E-state index in [1.54, 1.807) is 0 Å². The van der Waals surface area contributed by atoms with Gasteiger partial charge in [0.1, 0.15) is 5.75 Å². The molecular formula is C17H23NO4. The average molecular weight is 305 g/mol. The average Bonchev–Trinajstić information content (AvgIpc) is 2.88. The highest BCUT2D eigenvalue weighted by molar-refractivity contribution is 5.80. The maximum Gasteiger partial charge on any atom is 0.305 e. The highest BCUT2D eigenvalue weighted by atomic mass is 16.5. The van der Waals surface area contributed by atoms with Gasteiger partial charge in [0.2, 0.25) is 5.91 Å². The maximum absolute atomic E-state index is 12.2. The molecule has 0 spiro atoms. The van der Waals surface area contributed by atoms with Gasteiger partial charge < -0.3 is 15.2 Å². The lowest BCUT2D eigenvalue weighted by atomic mass is 9.92. The second kappa shape index (κ2) is 7.29. The summed E-state index contributed by atoms with van der Waals surface area (Å²) in [6.45, 7) is 2.53. The molecule has 5 heteroatoms. The van der Waals surface area contributed by atoms with Crippen LogP contribution in [-0.4, -0.2) is 29.1 Å². The van der Waals surface area contributed by atoms with Crippen molar-refractivity contribution in [1.82, 2.24) is 5.32 Å². The molecule has 0 aliphatic heterocycles. The van der Waals surface area contributed by atoms with E-state index in [1.165, 1.54) is 0 Å². The zero-order chi connectivity index (χ0) is 16.0. The number of carbonyl (C=O) groups excluding carboxylic acids is 1. The Bertz CT molecular complexity index is 518. The van der Waals surface area contributed by atoms with Gasteiger partial charge in [-0.1, -0.05) is 25.0 Å². The third kappa shape index (κ3) is 4.48. The minimum Gasteiger partial charge on any atom is -0.494 e. The van der Waals surface area contributed by atoms with Crippen LogP contribution in [0.3, 0.4) is 0 Å². The number of hydrogen-bond donors (Lipinski definition) is 2. The first-order chi connectivity index (χ1) is 10.5. The van der Waals surface area contributed by atoms with Crippen LogP contribution in [0.1, 0.15) is 44.6 Å². The summed E-state index contributed by atoms with van der Waals surface area (Å²) >= 11 is 0. The minimum atomic E-state index is -0.858. The summed E-state index contributed by atoms with van der Waals surface area (Å²) in [6.07, 6.45) is 3.69. The molecule has 0 aromatic heterocycles. The maximum atomic E-state index is 12.2. The second-order valence-corrected chi connectivity index (χ2v) is 5.86. The Hall–Kier alpha value is -2.04. The molecule has 1 fully saturated rings. The van der Waals surface area contributed by atoms with E-state index in [0.717, 1.165) is 37.0 Å². The van der Waals surface area contributed by atoms with Crippen molar-refractivity contribution in [2.75, 3.05) is 6.61 Å². The molecule has 2 rings (SSSR count). The molecule has 1 saturated carbocycles. The van der Waals surface area contributed by atoms with Crippen LogP contribution in [0.4, 0.5) is 0 Å². The number of carboxylic acids is 1. The Morgan fingerprint density at radius 1 is 1.23 bits per heavy atom. The highest BCUT2D eigenvalue weighted by Gasteiger charge is 2.37. The van der Waals surface area contributed by atoms with Crippen molar-refractivity contribution in [3.8, 4) is 5.75 Å². The van der Waals surface area contributed by atoms with Crippen molar-refractivity contribution < 1.29 is 19.4 Å². The predicted octanol–water partition coefficient (Wildman–Crippen LogP) is 2.53. The van der Waals surface area contributed by atoms with Crippen LogP contribution >= 0.6 is 0 Å². The topological polar surface area (TPSA) is 75.6 Å². The quantitative estimate of drug-likeness (QED) is 0.811. The van der Waals surface area contributed by atoms with Gasteiger partial charge >= 0.3 is 5.97 Å². The summed E-state index contributed by atoms with van der Waals surface area (Å²) in [4.78, 5) is 23.3. The van der Waals surface area contributed by atoms with E-state index < -0.39 is 11.5 Å². The van der Waals surface area contributed by atoms with Gasteiger partial charge in [0.05, 0.1) is 25.0 Å². The number of hydrogen-bond acceptors (Lipinski definition) is 3. The van der Waals surface area contributed by atoms with E-state index in [2.05, 4.69) is 5.32 Å². The largest absolute Gasteiger partial charge is 0.494 e. The molecule has 0 unspecified atom stereocenters. The second-order valence-electron chi connectivity index (χ2n) is 5.86. The van der Waals surface area contributed by atoms with Gasteiger partial charge in [0, 0.05) is 0 Å². The zero-order valence-electron chi connectivity index (χ0n) is 12.9. The number of carboxylic acid groups (broad SMARTS) is 1. The molecule has 5 nitrogen and oxygen atoms in total. The lowest BCUT2D eigenvalue weighted by Crippen LogP contribution is -2.48. The number of rotatable bonds is 7. The minimum absolute atomic E-state index is 0.00200. The molecule has 0 atom stereocenters. The van der Waals surface area contributed by atoms with Crippen molar-refractivity contribution >= 4 is 11.9 Å². The summed E-state index contributed by atoms with van der Waals surface area (Å²) < 4.78 is 5.37. The Balaban J connectivity index is 1.94. The van der Waals surface area contributed by atoms with Crippen LogP contribution in [0.2, 0.25) is 0 Å². The Labute approximate surface area is 130 Å². The number of aliphatic carboxylic acids is 1. The monoisotopic (exact) mass is 305 g/mol. The van der Waals surface area contributed by atoms with Crippen LogP contribution in [0, 0.1) is 0 Å². The Morgan fingerprint density at radius 3 is 2.41 bits per heavy atom. The molecule has 1 aliphatic rings. The fourth-order valence-electron chi connectivity index (χ4n) is 3.08. The highest BCUT2D eigenvalue weighted by Crippen LogP contribution is 2.32. The summed E-state index contributed by atoms with van der Waals surface area (Å²) in [7, 11) is 0. The third-order valence-corrected chi connectivity index (χ3v) is 4.05. The molecule has 1 amide bonds. The van der Waals surface area contributed by atoms with Crippen molar-refractivity contribution in [2.45, 2.75) is 51.0 Å². The summed E-state index contributed by atoms with van der Waals surface area (Å²) in [5.41, 5.74) is 0.332. The van der Waals surface area contributed by atoms with Crippen molar-refractivity contribution in [1.29, 1.82) is 0 Å². The Kier molecular flexibility index (Phi) is 5.41. The molecule has 2 N–H and O–H groups in total. The molecule has 0 saturated heterocycles. The van der Waals surface area contributed by atoms with Crippen LogP contribution in [0.25, 0.3) is 0 Å². The molecule has 0 radical (unpaired) electrons. The van der Waals surface area contributed by atoms with Gasteiger partial charge in [-0.05, 0) is 37.5 Å². The standard InChI is InChI=1S/C17H23NO4/c1-2-22-14-7-5-13(6-8-14)11-15(19)18-17(12-16(20)21)9-3-4-10-17/h5-8H,2-4,9-12H2,1H3,(H,18,19)(H,20,21). The third-order valence-electron chi connectivity index (χ3n) is 4.05. The smallest absolute Gasteiger partial charge is 0.305 e. The van der Waals surface area contributed by atoms with Crippen molar-refractivity contribution in [3.63, 3.8) is 0 Å². The summed E-state index contributed by atoms with van der Waals surface area (Å²) in [5, 5.41) is 12.0. The molecule has 120 valence electrons. The van der Waals surface area contributed by atoms with Crippen LogP contribution in [-0.2, 0) is 16.0 Å². The lowest BCUT2D eigenvalue weighted by molar-refractivity contribution is -0.139. The molecule has 1 aromatic rings. The molecule has 1 aromatic carbocycles. The van der Waals surface area contributed by atoms with Gasteiger partial charge in [-0.15, -0.1) is 0 Å². The lowest BCUT2D eigenvalue weighted by Gasteiger charge is -2.28. The van der Waals surface area contributed by atoms with Crippen LogP contribution < -0.4 is 10.1 Å². The van der Waals surface area contributed by atoms with Crippen molar-refractivity contribution in [3.05, 3.63) is 29.8 Å². The van der Waals surface area contributed by atoms with Gasteiger partial charge in [-0.25, -0.2) is 0 Å². The van der Waals surface area contributed by atoms with Crippen LogP contribution in [0.15, 0.2) is 24.3 Å². The van der Waals surface area contributed by atoms with Gasteiger partial charge in [-0.3, -0.25) is 9.59 Å². The molecule has 1 aliphatic carbocycles. The predicted molar refractivity (Wildman–Crippen MR) is 82.9 cm³/mol.